The lowest BCUT2D eigenvalue weighted by Gasteiger charge is -2.30. The summed E-state index contributed by atoms with van der Waals surface area (Å²) in [5.41, 5.74) is 0.122. The SMILES string of the molecule is CC1(c2noc(C3CCC3)n2)CCNCC1. The van der Waals surface area contributed by atoms with Crippen LogP contribution in [0, 0.1) is 0 Å². The number of hydrogen-bond donors (Lipinski definition) is 1. The molecule has 0 amide bonds. The normalized spacial score (nSPS) is 25.3. The summed E-state index contributed by atoms with van der Waals surface area (Å²) >= 11 is 0. The van der Waals surface area contributed by atoms with E-state index >= 15 is 0 Å². The van der Waals surface area contributed by atoms with Crippen LogP contribution in [0.3, 0.4) is 0 Å². The zero-order chi connectivity index (χ0) is 11.0. The lowest BCUT2D eigenvalue weighted by Crippen LogP contribution is -2.38. The summed E-state index contributed by atoms with van der Waals surface area (Å²) in [7, 11) is 0. The van der Waals surface area contributed by atoms with Crippen LogP contribution in [-0.4, -0.2) is 23.2 Å². The average Bonchev–Trinajstić information content (AvgIpc) is 2.66. The fourth-order valence-corrected chi connectivity index (χ4v) is 2.50. The maximum Gasteiger partial charge on any atom is 0.229 e. The predicted molar refractivity (Wildman–Crippen MR) is 60.3 cm³/mol. The van der Waals surface area contributed by atoms with Crippen molar-refractivity contribution >= 4 is 0 Å². The van der Waals surface area contributed by atoms with E-state index in [2.05, 4.69) is 22.4 Å². The van der Waals surface area contributed by atoms with Crippen molar-refractivity contribution in [3.05, 3.63) is 11.7 Å². The molecule has 3 rings (SSSR count). The van der Waals surface area contributed by atoms with Gasteiger partial charge in [-0.15, -0.1) is 0 Å². The molecule has 0 spiro atoms. The quantitative estimate of drug-likeness (QED) is 0.829. The molecule has 4 heteroatoms. The zero-order valence-corrected chi connectivity index (χ0v) is 9.83. The molecule has 1 saturated heterocycles. The van der Waals surface area contributed by atoms with Gasteiger partial charge in [0.25, 0.3) is 0 Å². The lowest BCUT2D eigenvalue weighted by molar-refractivity contribution is 0.278. The minimum atomic E-state index is 0.122. The Bertz CT molecular complexity index is 364. The first-order chi connectivity index (χ1) is 7.78. The van der Waals surface area contributed by atoms with Crippen LogP contribution in [0.1, 0.15) is 56.7 Å². The Morgan fingerprint density at radius 1 is 1.31 bits per heavy atom. The second-order valence-corrected chi connectivity index (χ2v) is 5.39. The summed E-state index contributed by atoms with van der Waals surface area (Å²) in [5.74, 6) is 2.35. The Hall–Kier alpha value is -0.900. The Labute approximate surface area is 95.8 Å². The molecular formula is C12H19N3O. The van der Waals surface area contributed by atoms with Crippen molar-refractivity contribution in [3.8, 4) is 0 Å². The average molecular weight is 221 g/mol. The number of nitrogens with one attached hydrogen (secondary N) is 1. The molecule has 0 radical (unpaired) electrons. The van der Waals surface area contributed by atoms with Crippen molar-refractivity contribution in [3.63, 3.8) is 0 Å². The highest BCUT2D eigenvalue weighted by Gasteiger charge is 2.35. The topological polar surface area (TPSA) is 51.0 Å². The minimum absolute atomic E-state index is 0.122. The molecule has 1 saturated carbocycles. The van der Waals surface area contributed by atoms with E-state index in [-0.39, 0.29) is 5.41 Å². The van der Waals surface area contributed by atoms with Crippen LogP contribution in [0.5, 0.6) is 0 Å². The van der Waals surface area contributed by atoms with Crippen molar-refractivity contribution in [2.45, 2.75) is 50.4 Å². The monoisotopic (exact) mass is 221 g/mol. The molecule has 1 aliphatic heterocycles. The molecule has 2 aliphatic rings. The molecule has 0 aromatic carbocycles. The van der Waals surface area contributed by atoms with E-state index in [0.717, 1.165) is 37.6 Å². The number of rotatable bonds is 2. The Balaban J connectivity index is 1.79. The van der Waals surface area contributed by atoms with Gasteiger partial charge in [-0.1, -0.05) is 18.5 Å². The summed E-state index contributed by atoms with van der Waals surface area (Å²) in [5, 5.41) is 7.58. The van der Waals surface area contributed by atoms with Gasteiger partial charge >= 0.3 is 0 Å². The van der Waals surface area contributed by atoms with Crippen molar-refractivity contribution in [1.29, 1.82) is 0 Å². The summed E-state index contributed by atoms with van der Waals surface area (Å²) in [6, 6.07) is 0. The van der Waals surface area contributed by atoms with E-state index in [1.54, 1.807) is 0 Å². The third kappa shape index (κ3) is 1.65. The smallest absolute Gasteiger partial charge is 0.229 e. The van der Waals surface area contributed by atoms with Crippen LogP contribution < -0.4 is 5.32 Å². The van der Waals surface area contributed by atoms with E-state index < -0.39 is 0 Å². The minimum Gasteiger partial charge on any atom is -0.339 e. The second-order valence-electron chi connectivity index (χ2n) is 5.39. The maximum absolute atomic E-state index is 5.41. The zero-order valence-electron chi connectivity index (χ0n) is 9.83. The Kier molecular flexibility index (Phi) is 2.46. The first-order valence-electron chi connectivity index (χ1n) is 6.33. The van der Waals surface area contributed by atoms with Crippen LogP contribution in [0.15, 0.2) is 4.52 Å². The molecule has 1 aromatic rings. The molecule has 88 valence electrons. The van der Waals surface area contributed by atoms with Gasteiger partial charge < -0.3 is 9.84 Å². The van der Waals surface area contributed by atoms with E-state index in [0.29, 0.717) is 5.92 Å². The lowest BCUT2D eigenvalue weighted by atomic mass is 9.80. The molecular weight excluding hydrogens is 202 g/mol. The molecule has 1 aliphatic carbocycles. The van der Waals surface area contributed by atoms with Gasteiger partial charge in [0.2, 0.25) is 5.89 Å². The summed E-state index contributed by atoms with van der Waals surface area (Å²) in [4.78, 5) is 4.62. The summed E-state index contributed by atoms with van der Waals surface area (Å²) in [6.45, 7) is 4.37. The fourth-order valence-electron chi connectivity index (χ4n) is 2.50. The van der Waals surface area contributed by atoms with Gasteiger partial charge in [0.15, 0.2) is 5.82 Å². The van der Waals surface area contributed by atoms with Crippen LogP contribution in [0.25, 0.3) is 0 Å². The summed E-state index contributed by atoms with van der Waals surface area (Å²) in [6.07, 6.45) is 5.97. The standard InChI is InChI=1S/C12H19N3O/c1-12(5-7-13-8-6-12)11-14-10(16-15-11)9-3-2-4-9/h9,13H,2-8H2,1H3. The molecule has 0 bridgehead atoms. The van der Waals surface area contributed by atoms with Gasteiger partial charge in [-0.3, -0.25) is 0 Å². The highest BCUT2D eigenvalue weighted by molar-refractivity contribution is 5.09. The largest absolute Gasteiger partial charge is 0.339 e. The fraction of sp³-hybridized carbons (Fsp3) is 0.833. The third-order valence-electron chi connectivity index (χ3n) is 4.14. The predicted octanol–water partition coefficient (Wildman–Crippen LogP) is 1.98. The van der Waals surface area contributed by atoms with Gasteiger partial charge in [0.1, 0.15) is 0 Å². The van der Waals surface area contributed by atoms with E-state index in [9.17, 15) is 0 Å². The van der Waals surface area contributed by atoms with E-state index in [1.807, 2.05) is 0 Å². The molecule has 4 nitrogen and oxygen atoms in total. The van der Waals surface area contributed by atoms with Gasteiger partial charge in [0.05, 0.1) is 0 Å². The van der Waals surface area contributed by atoms with E-state index in [4.69, 9.17) is 4.52 Å². The second kappa shape index (κ2) is 3.84. The molecule has 16 heavy (non-hydrogen) atoms. The first kappa shape index (κ1) is 10.3. The van der Waals surface area contributed by atoms with Crippen molar-refractivity contribution in [1.82, 2.24) is 15.5 Å². The van der Waals surface area contributed by atoms with Crippen LogP contribution in [0.4, 0.5) is 0 Å². The number of aromatic nitrogens is 2. The summed E-state index contributed by atoms with van der Waals surface area (Å²) < 4.78 is 5.41. The van der Waals surface area contributed by atoms with Crippen LogP contribution >= 0.6 is 0 Å². The van der Waals surface area contributed by atoms with Gasteiger partial charge in [-0.25, -0.2) is 0 Å². The number of hydrogen-bond acceptors (Lipinski definition) is 4. The van der Waals surface area contributed by atoms with Gasteiger partial charge in [-0.05, 0) is 38.8 Å². The van der Waals surface area contributed by atoms with Crippen molar-refractivity contribution in [2.24, 2.45) is 0 Å². The van der Waals surface area contributed by atoms with Crippen molar-refractivity contribution < 1.29 is 4.52 Å². The van der Waals surface area contributed by atoms with Crippen LogP contribution in [-0.2, 0) is 5.41 Å². The van der Waals surface area contributed by atoms with E-state index in [1.165, 1.54) is 19.3 Å². The molecule has 1 N–H and O–H groups in total. The van der Waals surface area contributed by atoms with Gasteiger partial charge in [0, 0.05) is 11.3 Å². The third-order valence-corrected chi connectivity index (χ3v) is 4.14. The molecule has 0 unspecified atom stereocenters. The number of nitrogens with zero attached hydrogens (tertiary/aromatic N) is 2. The number of piperidine rings is 1. The molecule has 2 heterocycles. The molecule has 2 fully saturated rings. The highest BCUT2D eigenvalue weighted by Crippen LogP contribution is 2.37. The van der Waals surface area contributed by atoms with Gasteiger partial charge in [-0.2, -0.15) is 4.98 Å². The van der Waals surface area contributed by atoms with Crippen molar-refractivity contribution in [2.75, 3.05) is 13.1 Å². The Morgan fingerprint density at radius 2 is 2.06 bits per heavy atom. The molecule has 0 atom stereocenters. The maximum atomic E-state index is 5.41. The highest BCUT2D eigenvalue weighted by atomic mass is 16.5. The first-order valence-corrected chi connectivity index (χ1v) is 6.33. The molecule has 1 aromatic heterocycles. The van der Waals surface area contributed by atoms with Crippen LogP contribution in [0.2, 0.25) is 0 Å². The Morgan fingerprint density at radius 3 is 2.69 bits per heavy atom.